The number of benzene rings is 2. The number of fused-ring (bicyclic) bond motifs is 2. The van der Waals surface area contributed by atoms with Crippen LogP contribution in [0.5, 0.6) is 11.8 Å². The Bertz CT molecular complexity index is 1450. The van der Waals surface area contributed by atoms with Crippen LogP contribution in [0, 0.1) is 5.82 Å². The normalized spacial score (nSPS) is 19.2. The summed E-state index contributed by atoms with van der Waals surface area (Å²) < 4.78 is 21.6. The molecule has 1 atom stereocenters. The predicted octanol–water partition coefficient (Wildman–Crippen LogP) is 3.46. The second-order valence-electron chi connectivity index (χ2n) is 10.8. The van der Waals surface area contributed by atoms with E-state index in [9.17, 15) is 9.90 Å². The number of aromatic nitrogens is 2. The van der Waals surface area contributed by atoms with Gasteiger partial charge in [0.25, 0.3) is 0 Å². The third-order valence-electron chi connectivity index (χ3n) is 8.42. The second kappa shape index (κ2) is 12.1. The van der Waals surface area contributed by atoms with E-state index in [1.165, 1.54) is 12.1 Å². The number of hydrogen-bond acceptors (Lipinski definition) is 8. The molecule has 2 aromatic carbocycles. The molecule has 6 rings (SSSR count). The lowest BCUT2D eigenvalue weighted by Crippen LogP contribution is -2.49. The number of aromatic hydroxyl groups is 1. The van der Waals surface area contributed by atoms with Crippen LogP contribution in [0.1, 0.15) is 24.1 Å². The summed E-state index contributed by atoms with van der Waals surface area (Å²) >= 11 is 0. The average molecular weight is 581 g/mol. The van der Waals surface area contributed by atoms with Crippen molar-refractivity contribution in [1.29, 1.82) is 0 Å². The van der Waals surface area contributed by atoms with Gasteiger partial charge in [-0.2, -0.15) is 23.5 Å². The number of amides is 1. The van der Waals surface area contributed by atoms with E-state index in [-0.39, 0.29) is 25.2 Å². The average Bonchev–Trinajstić information content (AvgIpc) is 3.40. The summed E-state index contributed by atoms with van der Waals surface area (Å²) in [5.41, 5.74) is 2.20. The number of ether oxygens (including phenoxy) is 1. The first-order valence-corrected chi connectivity index (χ1v) is 14.0. The van der Waals surface area contributed by atoms with E-state index in [0.29, 0.717) is 70.0 Å². The molecule has 218 valence electrons. The quantitative estimate of drug-likeness (QED) is 0.444. The van der Waals surface area contributed by atoms with Crippen LogP contribution < -0.4 is 14.5 Å². The van der Waals surface area contributed by atoms with E-state index in [4.69, 9.17) is 14.7 Å². The van der Waals surface area contributed by atoms with E-state index in [2.05, 4.69) is 23.4 Å². The van der Waals surface area contributed by atoms with E-state index in [1.54, 1.807) is 4.90 Å². The number of hydrogen-bond donors (Lipinski definition) is 1. The molecule has 3 aliphatic rings. The smallest absolute Gasteiger partial charge is 0.318 e. The molecule has 2 saturated heterocycles. The number of rotatable bonds is 6. The van der Waals surface area contributed by atoms with Crippen LogP contribution in [0.4, 0.5) is 15.9 Å². The molecule has 4 heterocycles. The fraction of sp³-hybridized carbons (Fsp3) is 0.433. The van der Waals surface area contributed by atoms with Crippen LogP contribution in [0.2, 0.25) is 0 Å². The van der Waals surface area contributed by atoms with Gasteiger partial charge in [0.05, 0.1) is 17.9 Å². The first kappa shape index (κ1) is 28.9. The lowest BCUT2D eigenvalue weighted by atomic mass is 10.0. The second-order valence-corrected chi connectivity index (χ2v) is 10.8. The summed E-state index contributed by atoms with van der Waals surface area (Å²) in [6.45, 7) is 8.53. The van der Waals surface area contributed by atoms with Crippen LogP contribution in [0.15, 0.2) is 43.0 Å². The highest BCUT2D eigenvalue weighted by molar-refractivity contribution is 7.59. The maximum atomic E-state index is 15.4. The first-order chi connectivity index (χ1) is 19.4. The first-order valence-electron chi connectivity index (χ1n) is 14.0. The molecule has 1 N–H and O–H groups in total. The molecule has 2 fully saturated rings. The Morgan fingerprint density at radius 3 is 2.66 bits per heavy atom. The lowest BCUT2D eigenvalue weighted by Gasteiger charge is -2.38. The van der Waals surface area contributed by atoms with Gasteiger partial charge in [-0.05, 0) is 50.4 Å². The highest BCUT2D eigenvalue weighted by Gasteiger charge is 2.31. The Labute approximate surface area is 246 Å². The topological polar surface area (TPSA) is 85.3 Å². The zero-order valence-electron chi connectivity index (χ0n) is 23.4. The number of phenolic OH excluding ortho intramolecular Hbond substituents is 1. The van der Waals surface area contributed by atoms with Crippen LogP contribution >= 0.6 is 13.5 Å². The number of likely N-dealkylation sites (tertiary alicyclic amines) is 1. The van der Waals surface area contributed by atoms with Gasteiger partial charge in [0.1, 0.15) is 12.4 Å². The minimum absolute atomic E-state index is 0. The fourth-order valence-electron chi connectivity index (χ4n) is 6.13. The molecule has 0 aliphatic carbocycles. The minimum atomic E-state index is -0.625. The third-order valence-corrected chi connectivity index (χ3v) is 8.42. The number of halogens is 1. The van der Waals surface area contributed by atoms with Crippen molar-refractivity contribution in [3.8, 4) is 11.8 Å². The van der Waals surface area contributed by atoms with Crippen LogP contribution in [-0.4, -0.2) is 89.7 Å². The molecule has 3 aromatic rings. The summed E-state index contributed by atoms with van der Waals surface area (Å²) in [7, 11) is 2.11. The van der Waals surface area contributed by atoms with Gasteiger partial charge in [-0.25, -0.2) is 4.39 Å². The number of carbonyl (C=O) groups excluding carboxylic acids is 1. The largest absolute Gasteiger partial charge is 0.505 e. The molecule has 0 bridgehead atoms. The lowest BCUT2D eigenvalue weighted by molar-refractivity contribution is -0.126. The Hall–Kier alpha value is -3.57. The number of anilines is 2. The van der Waals surface area contributed by atoms with Gasteiger partial charge in [0, 0.05) is 49.7 Å². The van der Waals surface area contributed by atoms with E-state index >= 15 is 4.39 Å². The molecule has 1 amide bonds. The number of carbonyl (C=O) groups is 1. The molecule has 3 aliphatic heterocycles. The molecule has 0 unspecified atom stereocenters. The Morgan fingerprint density at radius 2 is 1.93 bits per heavy atom. The minimum Gasteiger partial charge on any atom is -0.505 e. The summed E-state index contributed by atoms with van der Waals surface area (Å²) in [4.78, 5) is 30.1. The maximum Gasteiger partial charge on any atom is 0.318 e. The number of piperazine rings is 1. The molecule has 9 nitrogen and oxygen atoms in total. The van der Waals surface area contributed by atoms with Gasteiger partial charge in [-0.15, -0.1) is 0 Å². The summed E-state index contributed by atoms with van der Waals surface area (Å²) in [6, 6.07) is 9.62. The summed E-state index contributed by atoms with van der Waals surface area (Å²) in [5, 5.41) is 11.9. The number of phenols is 1. The third kappa shape index (κ3) is 5.65. The fourth-order valence-corrected chi connectivity index (χ4v) is 6.13. The Morgan fingerprint density at radius 1 is 1.15 bits per heavy atom. The van der Waals surface area contributed by atoms with Crippen molar-refractivity contribution >= 4 is 41.7 Å². The van der Waals surface area contributed by atoms with Gasteiger partial charge in [-0.1, -0.05) is 30.8 Å². The van der Waals surface area contributed by atoms with Gasteiger partial charge in [0.2, 0.25) is 5.91 Å². The zero-order valence-corrected chi connectivity index (χ0v) is 24.4. The Kier molecular flexibility index (Phi) is 8.55. The molecular weight excluding hydrogens is 543 g/mol. The Balaban J connectivity index is 0.00000337. The number of nitrogens with zero attached hydrogens (tertiary/aromatic N) is 6. The predicted molar refractivity (Wildman–Crippen MR) is 163 cm³/mol. The van der Waals surface area contributed by atoms with Crippen molar-refractivity contribution in [2.45, 2.75) is 31.8 Å². The van der Waals surface area contributed by atoms with Crippen molar-refractivity contribution in [2.24, 2.45) is 0 Å². The summed E-state index contributed by atoms with van der Waals surface area (Å²) in [5.74, 6) is -0.226. The van der Waals surface area contributed by atoms with Crippen molar-refractivity contribution in [1.82, 2.24) is 19.8 Å². The van der Waals surface area contributed by atoms with Crippen molar-refractivity contribution in [2.75, 3.05) is 62.7 Å². The van der Waals surface area contributed by atoms with Crippen LogP contribution in [-0.2, 0) is 17.8 Å². The monoisotopic (exact) mass is 580 g/mol. The molecule has 0 saturated carbocycles. The molecule has 11 heteroatoms. The van der Waals surface area contributed by atoms with Crippen molar-refractivity contribution in [3.05, 3.63) is 60.1 Å². The van der Waals surface area contributed by atoms with Gasteiger partial charge >= 0.3 is 6.01 Å². The van der Waals surface area contributed by atoms with E-state index in [1.807, 2.05) is 29.2 Å². The standard InChI is InChI=1S/C30H35FN6O3.H2S/c1-3-26(39)35-13-15-36(16-14-35)29-23-10-12-37(28-22-9-5-4-7-20(22)17-25(38)27(28)31)18-24(23)32-30(33-29)40-19-21-8-6-11-34(21)2;/h3-5,7,9,17,21,38H,1,6,8,10-16,18-19H2,2H3;1H2/t21-;/m0./s1. The molecule has 41 heavy (non-hydrogen) atoms. The van der Waals surface area contributed by atoms with Crippen LogP contribution in [0.25, 0.3) is 10.8 Å². The highest BCUT2D eigenvalue weighted by Crippen LogP contribution is 2.39. The van der Waals surface area contributed by atoms with Crippen molar-refractivity contribution in [3.63, 3.8) is 0 Å². The maximum absolute atomic E-state index is 15.4. The zero-order chi connectivity index (χ0) is 27.8. The van der Waals surface area contributed by atoms with Crippen molar-refractivity contribution < 1.29 is 19.0 Å². The van der Waals surface area contributed by atoms with Gasteiger partial charge in [0.15, 0.2) is 11.6 Å². The van der Waals surface area contributed by atoms with E-state index < -0.39 is 5.82 Å². The van der Waals surface area contributed by atoms with Gasteiger partial charge < -0.3 is 29.4 Å². The molecular formula is C30H37FN6O3S. The number of likely N-dealkylation sites (N-methyl/N-ethyl adjacent to an activating group) is 1. The summed E-state index contributed by atoms with van der Waals surface area (Å²) in [6.07, 6.45) is 4.19. The van der Waals surface area contributed by atoms with Crippen LogP contribution in [0.3, 0.4) is 0 Å². The van der Waals surface area contributed by atoms with Gasteiger partial charge in [-0.3, -0.25) is 4.79 Å². The SMILES string of the molecule is C=CC(=O)N1CCN(c2nc(OC[C@@H]3CCCN3C)nc3c2CCN(c2c(F)c(O)cc4ccccc24)C3)CC1.S. The molecule has 0 spiro atoms. The van der Waals surface area contributed by atoms with E-state index in [0.717, 1.165) is 47.2 Å². The highest BCUT2D eigenvalue weighted by atomic mass is 32.1. The molecule has 1 aromatic heterocycles. The molecule has 0 radical (unpaired) electrons.